The Morgan fingerprint density at radius 1 is 1.29 bits per heavy atom. The number of nitrogens with zero attached hydrogens (tertiary/aromatic N) is 3. The molecule has 1 atom stereocenters. The Bertz CT molecular complexity index is 1550. The van der Waals surface area contributed by atoms with Gasteiger partial charge in [0.25, 0.3) is 5.91 Å². The summed E-state index contributed by atoms with van der Waals surface area (Å²) in [4.78, 5) is 31.1. The van der Waals surface area contributed by atoms with Crippen LogP contribution in [0.1, 0.15) is 40.5 Å². The molecule has 0 saturated carbocycles. The Labute approximate surface area is 219 Å². The molecule has 3 aliphatic rings. The summed E-state index contributed by atoms with van der Waals surface area (Å²) in [5, 5.41) is 10.7. The molecule has 1 fully saturated rings. The van der Waals surface area contributed by atoms with Crippen molar-refractivity contribution in [1.29, 1.82) is 0 Å². The summed E-state index contributed by atoms with van der Waals surface area (Å²) < 4.78 is 36.3. The van der Waals surface area contributed by atoms with E-state index >= 15 is 0 Å². The molecule has 198 valence electrons. The summed E-state index contributed by atoms with van der Waals surface area (Å²) in [7, 11) is -3.20. The molecule has 1 saturated heterocycles. The summed E-state index contributed by atoms with van der Waals surface area (Å²) >= 11 is 0. The van der Waals surface area contributed by atoms with Gasteiger partial charge in [0.2, 0.25) is 5.91 Å². The zero-order valence-corrected chi connectivity index (χ0v) is 21.8. The van der Waals surface area contributed by atoms with E-state index in [4.69, 9.17) is 14.6 Å². The average Bonchev–Trinajstić information content (AvgIpc) is 3.21. The molecule has 1 spiro atoms. The Hall–Kier alpha value is -3.93. The number of nitrogens with one attached hydrogen (secondary N) is 2. The Kier molecular flexibility index (Phi) is 5.67. The summed E-state index contributed by atoms with van der Waals surface area (Å²) in [5.74, 6) is -0.0264. The number of benzene rings is 1. The van der Waals surface area contributed by atoms with Gasteiger partial charge in [-0.15, -0.1) is 0 Å². The highest BCUT2D eigenvalue weighted by Crippen LogP contribution is 2.44. The van der Waals surface area contributed by atoms with Crippen LogP contribution in [0.3, 0.4) is 0 Å². The molecule has 2 N–H and O–H groups in total. The molecule has 11 nitrogen and oxygen atoms in total. The summed E-state index contributed by atoms with van der Waals surface area (Å²) in [6.45, 7) is 4.74. The molecule has 3 aliphatic heterocycles. The van der Waals surface area contributed by atoms with Gasteiger partial charge in [0.05, 0.1) is 41.9 Å². The second-order valence-electron chi connectivity index (χ2n) is 9.94. The average molecular weight is 538 g/mol. The van der Waals surface area contributed by atoms with Crippen LogP contribution in [0.25, 0.3) is 5.82 Å². The molecule has 0 aliphatic carbocycles. The Balaban J connectivity index is 1.41. The van der Waals surface area contributed by atoms with Crippen molar-refractivity contribution in [1.82, 2.24) is 20.1 Å². The fraction of sp³-hybridized carbons (Fsp3) is 0.385. The maximum atomic E-state index is 13.7. The van der Waals surface area contributed by atoms with E-state index in [1.807, 2.05) is 38.1 Å². The van der Waals surface area contributed by atoms with Crippen LogP contribution >= 0.6 is 0 Å². The molecule has 5 heterocycles. The normalized spacial score (nSPS) is 21.5. The van der Waals surface area contributed by atoms with E-state index in [-0.39, 0.29) is 28.8 Å². The van der Waals surface area contributed by atoms with E-state index < -0.39 is 27.2 Å². The standard InChI is InChI=1S/C26H27N5O6S/c1-3-36-17-5-6-18-20(10-17)37-9-8-26(18)11-19-22(25(33)29-26)23(28-24(32)16-13-38(34,35)14-16)31(30-19)21-7-4-15(2)12-27-21/h4-7,10,12,16H,3,8-9,11,13-14H2,1-2H3,(H,28,32)(H,29,33)/t26-/m0/s1. The van der Waals surface area contributed by atoms with Gasteiger partial charge in [-0.2, -0.15) is 9.78 Å². The van der Waals surface area contributed by atoms with Crippen LogP contribution in [0.15, 0.2) is 36.5 Å². The van der Waals surface area contributed by atoms with Crippen molar-refractivity contribution in [3.05, 3.63) is 58.9 Å². The van der Waals surface area contributed by atoms with Crippen LogP contribution < -0.4 is 20.1 Å². The molecule has 0 unspecified atom stereocenters. The lowest BCUT2D eigenvalue weighted by atomic mass is 9.77. The van der Waals surface area contributed by atoms with Crippen molar-refractivity contribution in [2.45, 2.75) is 32.2 Å². The Morgan fingerprint density at radius 3 is 2.82 bits per heavy atom. The van der Waals surface area contributed by atoms with E-state index in [0.717, 1.165) is 11.1 Å². The van der Waals surface area contributed by atoms with Gasteiger partial charge >= 0.3 is 0 Å². The first-order chi connectivity index (χ1) is 18.2. The van der Waals surface area contributed by atoms with E-state index in [2.05, 4.69) is 15.6 Å². The molecule has 6 rings (SSSR count). The van der Waals surface area contributed by atoms with Gasteiger partial charge in [-0.1, -0.05) is 6.07 Å². The first kappa shape index (κ1) is 24.4. The monoisotopic (exact) mass is 537 g/mol. The number of aromatic nitrogens is 3. The fourth-order valence-corrected chi connectivity index (χ4v) is 6.72. The molecule has 2 aromatic heterocycles. The lowest BCUT2D eigenvalue weighted by Crippen LogP contribution is -2.53. The smallest absolute Gasteiger partial charge is 0.257 e. The van der Waals surface area contributed by atoms with Crippen LogP contribution in [0.5, 0.6) is 11.5 Å². The number of hydrogen-bond acceptors (Lipinski definition) is 8. The fourth-order valence-electron chi connectivity index (χ4n) is 5.29. The number of amides is 2. The van der Waals surface area contributed by atoms with Gasteiger partial charge in [0.1, 0.15) is 17.1 Å². The van der Waals surface area contributed by atoms with Crippen molar-refractivity contribution in [2.24, 2.45) is 5.92 Å². The molecule has 3 aromatic rings. The van der Waals surface area contributed by atoms with Crippen molar-refractivity contribution < 1.29 is 27.5 Å². The molecule has 1 aromatic carbocycles. The number of ether oxygens (including phenoxy) is 2. The van der Waals surface area contributed by atoms with Gasteiger partial charge in [-0.05, 0) is 37.6 Å². The number of sulfone groups is 1. The van der Waals surface area contributed by atoms with Crippen molar-refractivity contribution in [3.63, 3.8) is 0 Å². The van der Waals surface area contributed by atoms with Gasteiger partial charge in [-0.3, -0.25) is 9.59 Å². The predicted molar refractivity (Wildman–Crippen MR) is 137 cm³/mol. The zero-order valence-electron chi connectivity index (χ0n) is 21.0. The van der Waals surface area contributed by atoms with E-state index in [0.29, 0.717) is 49.1 Å². The number of rotatable bonds is 5. The van der Waals surface area contributed by atoms with Crippen molar-refractivity contribution >= 4 is 27.5 Å². The van der Waals surface area contributed by atoms with Crippen LogP contribution in [0.4, 0.5) is 5.82 Å². The second kappa shape index (κ2) is 8.83. The SMILES string of the molecule is CCOc1ccc2c(c1)OCC[C@]21Cc2nn(-c3ccc(C)cn3)c(NC(=O)C3CS(=O)(=O)C3)c2C(=O)N1. The van der Waals surface area contributed by atoms with Crippen LogP contribution in [-0.2, 0) is 26.6 Å². The molecule has 0 radical (unpaired) electrons. The lowest BCUT2D eigenvalue weighted by Gasteiger charge is -2.41. The van der Waals surface area contributed by atoms with E-state index in [1.54, 1.807) is 12.3 Å². The van der Waals surface area contributed by atoms with Crippen LogP contribution in [-0.4, -0.2) is 59.7 Å². The van der Waals surface area contributed by atoms with Crippen molar-refractivity contribution in [2.75, 3.05) is 30.0 Å². The number of pyridine rings is 1. The van der Waals surface area contributed by atoms with Crippen LogP contribution in [0.2, 0.25) is 0 Å². The molecular weight excluding hydrogens is 510 g/mol. The van der Waals surface area contributed by atoms with Gasteiger partial charge in [-0.25, -0.2) is 13.4 Å². The molecule has 2 amide bonds. The quantitative estimate of drug-likeness (QED) is 0.503. The number of anilines is 1. The lowest BCUT2D eigenvalue weighted by molar-refractivity contribution is -0.119. The number of aryl methyl sites for hydroxylation is 1. The van der Waals surface area contributed by atoms with Gasteiger partial charge in [0.15, 0.2) is 21.5 Å². The molecule has 12 heteroatoms. The summed E-state index contributed by atoms with van der Waals surface area (Å²) in [5.41, 5.74) is 1.78. The molecular formula is C26H27N5O6S. The third-order valence-corrected chi connectivity index (χ3v) is 9.03. The second-order valence-corrected chi connectivity index (χ2v) is 12.1. The zero-order chi connectivity index (χ0) is 26.7. The first-order valence-corrected chi connectivity index (χ1v) is 14.3. The Morgan fingerprint density at radius 2 is 2.11 bits per heavy atom. The minimum atomic E-state index is -3.20. The van der Waals surface area contributed by atoms with Gasteiger partial charge in [0, 0.05) is 30.7 Å². The number of carbonyl (C=O) groups is 2. The number of fused-ring (bicyclic) bond motifs is 3. The topological polar surface area (TPSA) is 142 Å². The third-order valence-electron chi connectivity index (χ3n) is 7.21. The minimum Gasteiger partial charge on any atom is -0.494 e. The van der Waals surface area contributed by atoms with E-state index in [1.165, 1.54) is 4.68 Å². The maximum absolute atomic E-state index is 13.7. The van der Waals surface area contributed by atoms with Crippen molar-refractivity contribution in [3.8, 4) is 17.3 Å². The highest BCUT2D eigenvalue weighted by molar-refractivity contribution is 7.92. The highest BCUT2D eigenvalue weighted by Gasteiger charge is 2.47. The van der Waals surface area contributed by atoms with E-state index in [9.17, 15) is 18.0 Å². The highest BCUT2D eigenvalue weighted by atomic mass is 32.2. The third kappa shape index (κ3) is 4.08. The predicted octanol–water partition coefficient (Wildman–Crippen LogP) is 1.92. The first-order valence-electron chi connectivity index (χ1n) is 12.5. The number of hydrogen-bond donors (Lipinski definition) is 2. The summed E-state index contributed by atoms with van der Waals surface area (Å²) in [6.07, 6.45) is 2.58. The van der Waals surface area contributed by atoms with Gasteiger partial charge < -0.3 is 20.1 Å². The molecule has 0 bridgehead atoms. The minimum absolute atomic E-state index is 0.178. The largest absolute Gasteiger partial charge is 0.494 e. The molecule has 38 heavy (non-hydrogen) atoms. The summed E-state index contributed by atoms with van der Waals surface area (Å²) in [6, 6.07) is 9.20. The number of carbonyl (C=O) groups excluding carboxylic acids is 2. The maximum Gasteiger partial charge on any atom is 0.257 e. The van der Waals surface area contributed by atoms with Crippen LogP contribution in [0, 0.1) is 12.8 Å².